The molecule has 1 aromatic heterocycles. The highest BCUT2D eigenvalue weighted by Crippen LogP contribution is 2.39. The molecule has 6 nitrogen and oxygen atoms in total. The van der Waals surface area contributed by atoms with Gasteiger partial charge >= 0.3 is 0 Å². The van der Waals surface area contributed by atoms with Gasteiger partial charge < -0.3 is 25.3 Å². The summed E-state index contributed by atoms with van der Waals surface area (Å²) < 4.78 is 13.4. The van der Waals surface area contributed by atoms with Crippen LogP contribution in [0.25, 0.3) is 11.3 Å². The van der Waals surface area contributed by atoms with Gasteiger partial charge in [-0.3, -0.25) is 0 Å². The Morgan fingerprint density at radius 3 is 2.45 bits per heavy atom. The van der Waals surface area contributed by atoms with Crippen molar-refractivity contribution < 1.29 is 14.9 Å². The van der Waals surface area contributed by atoms with Gasteiger partial charge in [-0.05, 0) is 38.0 Å². The first kappa shape index (κ1) is 18.1. The predicted molar refractivity (Wildman–Crippen MR) is 89.0 cm³/mol. The number of halogens is 1. The molecule has 2 aromatic rings. The molecule has 1 aliphatic heterocycles. The van der Waals surface area contributed by atoms with Gasteiger partial charge in [0, 0.05) is 12.1 Å². The molecular formula is C15H22ClN3O3. The summed E-state index contributed by atoms with van der Waals surface area (Å²) in [5.74, 6) is 2.16. The predicted octanol–water partition coefficient (Wildman–Crippen LogP) is 2.08. The molecule has 0 fully saturated rings. The molecule has 0 radical (unpaired) electrons. The van der Waals surface area contributed by atoms with E-state index in [1.807, 2.05) is 30.7 Å². The molecule has 4 N–H and O–H groups in total. The van der Waals surface area contributed by atoms with Crippen LogP contribution in [0.2, 0.25) is 0 Å². The Morgan fingerprint density at radius 1 is 1.18 bits per heavy atom. The van der Waals surface area contributed by atoms with E-state index in [2.05, 4.69) is 11.1 Å². The van der Waals surface area contributed by atoms with E-state index in [0.717, 1.165) is 35.7 Å². The fourth-order valence-electron chi connectivity index (χ4n) is 2.66. The van der Waals surface area contributed by atoms with Crippen LogP contribution in [0.15, 0.2) is 18.3 Å². The second-order valence-corrected chi connectivity index (χ2v) is 4.73. The van der Waals surface area contributed by atoms with Crippen molar-refractivity contribution in [2.24, 2.45) is 0 Å². The molecule has 0 aliphatic carbocycles. The first-order valence-electron chi connectivity index (χ1n) is 6.98. The lowest BCUT2D eigenvalue weighted by Crippen LogP contribution is -2.13. The van der Waals surface area contributed by atoms with Crippen molar-refractivity contribution in [3.63, 3.8) is 0 Å². The Bertz CT molecular complexity index is 643. The summed E-state index contributed by atoms with van der Waals surface area (Å²) in [6, 6.07) is 4.12. The average Bonchev–Trinajstić information content (AvgIpc) is 2.82. The van der Waals surface area contributed by atoms with Gasteiger partial charge in [0.15, 0.2) is 11.5 Å². The minimum absolute atomic E-state index is 0. The molecule has 0 bridgehead atoms. The summed E-state index contributed by atoms with van der Waals surface area (Å²) >= 11 is 0. The number of fused-ring (bicyclic) bond motifs is 3. The van der Waals surface area contributed by atoms with Crippen LogP contribution in [-0.2, 0) is 13.0 Å². The molecule has 1 aromatic carbocycles. The second-order valence-electron chi connectivity index (χ2n) is 4.73. The van der Waals surface area contributed by atoms with Crippen molar-refractivity contribution in [2.45, 2.75) is 26.8 Å². The van der Waals surface area contributed by atoms with Gasteiger partial charge in [0.05, 0.1) is 25.1 Å². The third-order valence-electron chi connectivity index (χ3n) is 3.54. The maximum atomic E-state index is 5.89. The molecule has 1 aliphatic rings. The highest BCUT2D eigenvalue weighted by molar-refractivity contribution is 5.85. The molecule has 0 unspecified atom stereocenters. The standard InChI is InChI=1S/C15H19N3O2.ClH.H2O/c1-3-19-13-7-10-5-6-18-12(9-17-15(18)16)11(10)8-14(13)20-4-2;;/h7-9H,3-6H2,1-2H3,(H2,16,17);1H;1H2. The summed E-state index contributed by atoms with van der Waals surface area (Å²) in [6.45, 7) is 6.04. The van der Waals surface area contributed by atoms with Crippen molar-refractivity contribution in [1.29, 1.82) is 0 Å². The van der Waals surface area contributed by atoms with Gasteiger partial charge in [0.1, 0.15) is 0 Å². The van der Waals surface area contributed by atoms with Crippen molar-refractivity contribution >= 4 is 18.4 Å². The van der Waals surface area contributed by atoms with Crippen LogP contribution in [0.1, 0.15) is 19.4 Å². The van der Waals surface area contributed by atoms with Crippen molar-refractivity contribution in [3.05, 3.63) is 23.9 Å². The third kappa shape index (κ3) is 2.98. The number of nitrogens with zero attached hydrogens (tertiary/aromatic N) is 2. The average molecular weight is 328 g/mol. The number of nitrogens with two attached hydrogens (primary N) is 1. The molecule has 0 spiro atoms. The second kappa shape index (κ2) is 7.38. The quantitative estimate of drug-likeness (QED) is 0.930. The van der Waals surface area contributed by atoms with Crippen molar-refractivity contribution in [1.82, 2.24) is 9.55 Å². The minimum atomic E-state index is 0. The zero-order chi connectivity index (χ0) is 14.1. The molecular weight excluding hydrogens is 306 g/mol. The van der Waals surface area contributed by atoms with Crippen LogP contribution >= 0.6 is 12.4 Å². The molecule has 0 atom stereocenters. The summed E-state index contributed by atoms with van der Waals surface area (Å²) in [7, 11) is 0. The molecule has 0 amide bonds. The van der Waals surface area contributed by atoms with Crippen LogP contribution in [0, 0.1) is 0 Å². The van der Waals surface area contributed by atoms with Crippen LogP contribution in [0.5, 0.6) is 11.5 Å². The number of benzene rings is 1. The lowest BCUT2D eigenvalue weighted by molar-refractivity contribution is 0.287. The lowest BCUT2D eigenvalue weighted by Gasteiger charge is -2.22. The number of hydrogen-bond donors (Lipinski definition) is 1. The molecule has 22 heavy (non-hydrogen) atoms. The van der Waals surface area contributed by atoms with E-state index in [1.54, 1.807) is 0 Å². The number of aryl methyl sites for hydroxylation is 1. The number of nitrogen functional groups attached to an aromatic ring is 1. The maximum absolute atomic E-state index is 5.89. The normalized spacial score (nSPS) is 11.5. The first-order valence-corrected chi connectivity index (χ1v) is 6.98. The van der Waals surface area contributed by atoms with Crippen molar-refractivity contribution in [2.75, 3.05) is 18.9 Å². The Hall–Kier alpha value is -1.92. The summed E-state index contributed by atoms with van der Waals surface area (Å²) in [6.07, 6.45) is 2.75. The van der Waals surface area contributed by atoms with E-state index < -0.39 is 0 Å². The van der Waals surface area contributed by atoms with E-state index in [-0.39, 0.29) is 17.9 Å². The first-order chi connectivity index (χ1) is 9.74. The highest BCUT2D eigenvalue weighted by Gasteiger charge is 2.21. The number of rotatable bonds is 4. The summed E-state index contributed by atoms with van der Waals surface area (Å²) in [5.41, 5.74) is 9.32. The number of aromatic nitrogens is 2. The zero-order valence-electron chi connectivity index (χ0n) is 12.8. The minimum Gasteiger partial charge on any atom is -0.490 e. The molecule has 0 saturated carbocycles. The van der Waals surface area contributed by atoms with Crippen molar-refractivity contribution in [3.8, 4) is 22.8 Å². The maximum Gasteiger partial charge on any atom is 0.200 e. The molecule has 3 rings (SSSR count). The van der Waals surface area contributed by atoms with Gasteiger partial charge in [0.2, 0.25) is 5.95 Å². The topological polar surface area (TPSA) is 93.8 Å². The smallest absolute Gasteiger partial charge is 0.200 e. The number of ether oxygens (including phenoxy) is 2. The van der Waals surface area contributed by atoms with Crippen LogP contribution in [0.3, 0.4) is 0 Å². The fraction of sp³-hybridized carbons (Fsp3) is 0.400. The van der Waals surface area contributed by atoms with Gasteiger partial charge in [-0.15, -0.1) is 12.4 Å². The molecule has 7 heteroatoms. The number of imidazole rings is 1. The van der Waals surface area contributed by atoms with Crippen LogP contribution in [0.4, 0.5) is 5.95 Å². The highest BCUT2D eigenvalue weighted by atomic mass is 35.5. The van der Waals surface area contributed by atoms with E-state index in [4.69, 9.17) is 15.2 Å². The largest absolute Gasteiger partial charge is 0.490 e. The van der Waals surface area contributed by atoms with E-state index in [1.165, 1.54) is 5.56 Å². The Labute approximate surface area is 136 Å². The number of anilines is 1. The Morgan fingerprint density at radius 2 is 1.82 bits per heavy atom. The van der Waals surface area contributed by atoms with E-state index >= 15 is 0 Å². The van der Waals surface area contributed by atoms with Gasteiger partial charge in [-0.2, -0.15) is 0 Å². The molecule has 2 heterocycles. The Kier molecular flexibility index (Phi) is 6.08. The molecule has 0 saturated heterocycles. The zero-order valence-corrected chi connectivity index (χ0v) is 13.6. The van der Waals surface area contributed by atoms with Gasteiger partial charge in [0.25, 0.3) is 0 Å². The van der Waals surface area contributed by atoms with E-state index in [0.29, 0.717) is 19.2 Å². The third-order valence-corrected chi connectivity index (χ3v) is 3.54. The Balaban J connectivity index is 0.00000121. The lowest BCUT2D eigenvalue weighted by atomic mass is 9.98. The SMILES string of the molecule is CCOc1cc2c(cc1OCC)-c1cnc(N)n1CC2.Cl.O. The van der Waals surface area contributed by atoms with Gasteiger partial charge in [-0.1, -0.05) is 0 Å². The fourth-order valence-corrected chi connectivity index (χ4v) is 2.66. The van der Waals surface area contributed by atoms with Gasteiger partial charge in [-0.25, -0.2) is 4.98 Å². The van der Waals surface area contributed by atoms with Crippen LogP contribution < -0.4 is 15.2 Å². The summed E-state index contributed by atoms with van der Waals surface area (Å²) in [4.78, 5) is 4.20. The van der Waals surface area contributed by atoms with Crippen LogP contribution in [-0.4, -0.2) is 28.2 Å². The van der Waals surface area contributed by atoms with E-state index in [9.17, 15) is 0 Å². The number of hydrogen-bond acceptors (Lipinski definition) is 4. The monoisotopic (exact) mass is 327 g/mol. The molecule has 122 valence electrons. The summed E-state index contributed by atoms with van der Waals surface area (Å²) in [5, 5.41) is 0.